The Bertz CT molecular complexity index is 694. The summed E-state index contributed by atoms with van der Waals surface area (Å²) in [6, 6.07) is 1.84. The molecule has 0 N–H and O–H groups in total. The maximum absolute atomic E-state index is 12.5. The van der Waals surface area contributed by atoms with Crippen LogP contribution in [0.2, 0.25) is 0 Å². The van der Waals surface area contributed by atoms with E-state index >= 15 is 0 Å². The molecular formula is C14H17N5O3. The van der Waals surface area contributed by atoms with Crippen LogP contribution in [0.3, 0.4) is 0 Å². The molecule has 1 fully saturated rings. The fourth-order valence-corrected chi connectivity index (χ4v) is 3.17. The van der Waals surface area contributed by atoms with Crippen LogP contribution >= 0.6 is 0 Å². The van der Waals surface area contributed by atoms with E-state index in [9.17, 15) is 4.79 Å². The van der Waals surface area contributed by atoms with Gasteiger partial charge in [-0.25, -0.2) is 4.68 Å². The van der Waals surface area contributed by atoms with Crippen LogP contribution in [0.1, 0.15) is 29.6 Å². The molecule has 1 amide bonds. The summed E-state index contributed by atoms with van der Waals surface area (Å²) in [6.45, 7) is 3.66. The van der Waals surface area contributed by atoms with Gasteiger partial charge >= 0.3 is 0 Å². The SMILES string of the molecule is Cc1cc(CC(=O)N2CC[C@@H]3OCc4cnnn4[C@H]3C2)on1. The van der Waals surface area contributed by atoms with Crippen molar-refractivity contribution < 1.29 is 14.1 Å². The Morgan fingerprint density at radius 2 is 2.41 bits per heavy atom. The number of carbonyl (C=O) groups excluding carboxylic acids is 1. The molecule has 0 spiro atoms. The molecule has 4 rings (SSSR count). The Kier molecular flexibility index (Phi) is 3.18. The van der Waals surface area contributed by atoms with Gasteiger partial charge in [0, 0.05) is 19.2 Å². The van der Waals surface area contributed by atoms with E-state index in [2.05, 4.69) is 15.5 Å². The minimum atomic E-state index is 0.0420. The van der Waals surface area contributed by atoms with E-state index in [4.69, 9.17) is 9.26 Å². The van der Waals surface area contributed by atoms with Crippen LogP contribution in [0.5, 0.6) is 0 Å². The monoisotopic (exact) mass is 303 g/mol. The Hall–Kier alpha value is -2.22. The Morgan fingerprint density at radius 3 is 3.23 bits per heavy atom. The summed E-state index contributed by atoms with van der Waals surface area (Å²) in [5.74, 6) is 0.646. The number of fused-ring (bicyclic) bond motifs is 3. The van der Waals surface area contributed by atoms with Crippen molar-refractivity contribution in [3.05, 3.63) is 29.4 Å². The van der Waals surface area contributed by atoms with Gasteiger partial charge in [0.15, 0.2) is 0 Å². The number of amides is 1. The van der Waals surface area contributed by atoms with E-state index < -0.39 is 0 Å². The topological polar surface area (TPSA) is 86.3 Å². The lowest BCUT2D eigenvalue weighted by atomic mass is 10.00. The van der Waals surface area contributed by atoms with Crippen LogP contribution in [-0.4, -0.2) is 50.2 Å². The predicted octanol–water partition coefficient (Wildman–Crippen LogP) is 0.489. The molecule has 0 radical (unpaired) electrons. The Morgan fingerprint density at radius 1 is 1.50 bits per heavy atom. The first-order valence-corrected chi connectivity index (χ1v) is 7.41. The van der Waals surface area contributed by atoms with Gasteiger partial charge in [-0.2, -0.15) is 0 Å². The predicted molar refractivity (Wildman–Crippen MR) is 73.8 cm³/mol. The third-order valence-corrected chi connectivity index (χ3v) is 4.28. The normalized spacial score (nSPS) is 24.0. The van der Waals surface area contributed by atoms with Gasteiger partial charge in [-0.15, -0.1) is 5.10 Å². The van der Waals surface area contributed by atoms with Crippen molar-refractivity contribution in [2.75, 3.05) is 13.1 Å². The maximum Gasteiger partial charge on any atom is 0.230 e. The molecule has 0 aromatic carbocycles. The first-order valence-electron chi connectivity index (χ1n) is 7.41. The van der Waals surface area contributed by atoms with Gasteiger partial charge in [0.1, 0.15) is 5.76 Å². The number of carbonyl (C=O) groups is 1. The first-order chi connectivity index (χ1) is 10.7. The van der Waals surface area contributed by atoms with E-state index in [1.54, 1.807) is 12.3 Å². The van der Waals surface area contributed by atoms with Crippen molar-refractivity contribution in [2.45, 2.75) is 38.5 Å². The molecule has 8 heteroatoms. The second kappa shape index (κ2) is 5.20. The zero-order valence-corrected chi connectivity index (χ0v) is 12.3. The lowest BCUT2D eigenvalue weighted by molar-refractivity contribution is -0.137. The zero-order valence-electron chi connectivity index (χ0n) is 12.3. The lowest BCUT2D eigenvalue weighted by Crippen LogP contribution is -2.50. The van der Waals surface area contributed by atoms with Gasteiger partial charge in [0.25, 0.3) is 0 Å². The molecule has 22 heavy (non-hydrogen) atoms. The molecule has 0 unspecified atom stereocenters. The molecule has 0 bridgehead atoms. The van der Waals surface area contributed by atoms with E-state index in [0.717, 1.165) is 17.8 Å². The number of likely N-dealkylation sites (tertiary alicyclic amines) is 1. The molecule has 2 atom stereocenters. The standard InChI is InChI=1S/C14H17N5O3/c1-9-4-11(22-16-9)5-14(20)18-3-2-13-12(7-18)19-10(8-21-13)6-15-17-19/h4,6,12-13H,2-3,5,7-8H2,1H3/t12-,13-/m0/s1. The van der Waals surface area contributed by atoms with E-state index in [1.807, 2.05) is 16.5 Å². The summed E-state index contributed by atoms with van der Waals surface area (Å²) >= 11 is 0. The van der Waals surface area contributed by atoms with Crippen LogP contribution in [0.4, 0.5) is 0 Å². The number of rotatable bonds is 2. The van der Waals surface area contributed by atoms with Crippen LogP contribution in [0.25, 0.3) is 0 Å². The Labute approximate surface area is 127 Å². The molecule has 2 aromatic heterocycles. The van der Waals surface area contributed by atoms with Crippen molar-refractivity contribution in [1.29, 1.82) is 0 Å². The maximum atomic E-state index is 12.5. The van der Waals surface area contributed by atoms with Gasteiger partial charge in [-0.05, 0) is 13.3 Å². The fourth-order valence-electron chi connectivity index (χ4n) is 3.17. The van der Waals surface area contributed by atoms with E-state index in [1.165, 1.54) is 0 Å². The molecule has 0 aliphatic carbocycles. The molecule has 8 nitrogen and oxygen atoms in total. The summed E-state index contributed by atoms with van der Waals surface area (Å²) in [4.78, 5) is 14.3. The highest BCUT2D eigenvalue weighted by molar-refractivity contribution is 5.78. The van der Waals surface area contributed by atoms with Gasteiger partial charge in [0.05, 0.1) is 42.8 Å². The summed E-state index contributed by atoms with van der Waals surface area (Å²) in [5.41, 5.74) is 1.75. The van der Waals surface area contributed by atoms with Crippen LogP contribution < -0.4 is 0 Å². The van der Waals surface area contributed by atoms with Crippen molar-refractivity contribution in [2.24, 2.45) is 0 Å². The lowest BCUT2D eigenvalue weighted by Gasteiger charge is -2.40. The molecule has 2 aliphatic rings. The zero-order chi connectivity index (χ0) is 15.1. The van der Waals surface area contributed by atoms with E-state index in [-0.39, 0.29) is 24.5 Å². The molecule has 2 aliphatic heterocycles. The summed E-state index contributed by atoms with van der Waals surface area (Å²) < 4.78 is 12.9. The summed E-state index contributed by atoms with van der Waals surface area (Å²) in [6.07, 6.45) is 2.87. The average Bonchev–Trinajstić information content (AvgIpc) is 3.15. The highest BCUT2D eigenvalue weighted by Gasteiger charge is 2.37. The number of aromatic nitrogens is 4. The van der Waals surface area contributed by atoms with Gasteiger partial charge in [-0.3, -0.25) is 4.79 Å². The number of nitrogens with zero attached hydrogens (tertiary/aromatic N) is 5. The quantitative estimate of drug-likeness (QED) is 0.802. The Balaban J connectivity index is 1.48. The number of ether oxygens (including phenoxy) is 1. The summed E-state index contributed by atoms with van der Waals surface area (Å²) in [7, 11) is 0. The van der Waals surface area contributed by atoms with Gasteiger partial charge in [-0.1, -0.05) is 10.4 Å². The molecule has 4 heterocycles. The van der Waals surface area contributed by atoms with Crippen molar-refractivity contribution in [3.63, 3.8) is 0 Å². The highest BCUT2D eigenvalue weighted by Crippen LogP contribution is 2.30. The molecular weight excluding hydrogens is 286 g/mol. The highest BCUT2D eigenvalue weighted by atomic mass is 16.5. The number of piperidine rings is 1. The second-order valence-corrected chi connectivity index (χ2v) is 5.83. The molecule has 116 valence electrons. The van der Waals surface area contributed by atoms with Crippen molar-refractivity contribution in [3.8, 4) is 0 Å². The minimum absolute atomic E-state index is 0.0420. The van der Waals surface area contributed by atoms with Crippen molar-refractivity contribution in [1.82, 2.24) is 25.1 Å². The number of hydrogen-bond donors (Lipinski definition) is 0. The van der Waals surface area contributed by atoms with Crippen LogP contribution in [0.15, 0.2) is 16.8 Å². The van der Waals surface area contributed by atoms with Gasteiger partial charge < -0.3 is 14.2 Å². The minimum Gasteiger partial charge on any atom is -0.370 e. The number of hydrogen-bond acceptors (Lipinski definition) is 6. The molecule has 0 saturated carbocycles. The van der Waals surface area contributed by atoms with Crippen LogP contribution in [0, 0.1) is 6.92 Å². The smallest absolute Gasteiger partial charge is 0.230 e. The van der Waals surface area contributed by atoms with Crippen molar-refractivity contribution >= 4 is 5.91 Å². The first kappa shape index (κ1) is 13.4. The molecule has 1 saturated heterocycles. The second-order valence-electron chi connectivity index (χ2n) is 5.83. The largest absolute Gasteiger partial charge is 0.370 e. The van der Waals surface area contributed by atoms with Gasteiger partial charge in [0.2, 0.25) is 5.91 Å². The third-order valence-electron chi connectivity index (χ3n) is 4.28. The van der Waals surface area contributed by atoms with E-state index in [0.29, 0.717) is 25.5 Å². The average molecular weight is 303 g/mol. The number of aryl methyl sites for hydroxylation is 1. The summed E-state index contributed by atoms with van der Waals surface area (Å²) in [5, 5.41) is 11.9. The fraction of sp³-hybridized carbons (Fsp3) is 0.571. The third kappa shape index (κ3) is 2.29. The molecule has 2 aromatic rings. The van der Waals surface area contributed by atoms with Crippen LogP contribution in [-0.2, 0) is 22.6 Å².